The first kappa shape index (κ1) is 15.5. The molecule has 8 heteroatoms. The van der Waals surface area contributed by atoms with E-state index < -0.39 is 10.2 Å². The molecular weight excluding hydrogens is 304 g/mol. The highest BCUT2D eigenvalue weighted by Crippen LogP contribution is 2.28. The van der Waals surface area contributed by atoms with Crippen LogP contribution in [0.15, 0.2) is 18.3 Å². The van der Waals surface area contributed by atoms with E-state index in [9.17, 15) is 8.42 Å². The van der Waals surface area contributed by atoms with Gasteiger partial charge in [0.05, 0.1) is 6.54 Å². The van der Waals surface area contributed by atoms with Crippen LogP contribution in [0.25, 0.3) is 0 Å². The highest BCUT2D eigenvalue weighted by Gasteiger charge is 2.38. The lowest BCUT2D eigenvalue weighted by Crippen LogP contribution is -2.49. The Hall–Kier alpha value is -1.38. The van der Waals surface area contributed by atoms with Gasteiger partial charge in [-0.25, -0.2) is 4.98 Å². The van der Waals surface area contributed by atoms with Gasteiger partial charge < -0.3 is 9.64 Å². The molecule has 0 saturated carbocycles. The van der Waals surface area contributed by atoms with Crippen molar-refractivity contribution in [3.63, 3.8) is 0 Å². The van der Waals surface area contributed by atoms with Crippen LogP contribution in [0.1, 0.15) is 12.8 Å². The lowest BCUT2D eigenvalue weighted by atomic mass is 10.3. The summed E-state index contributed by atoms with van der Waals surface area (Å²) in [6.07, 6.45) is 3.25. The molecule has 3 heterocycles. The van der Waals surface area contributed by atoms with Crippen molar-refractivity contribution in [3.8, 4) is 5.75 Å². The Kier molecular flexibility index (Phi) is 4.24. The third-order valence-corrected chi connectivity index (χ3v) is 6.05. The van der Waals surface area contributed by atoms with Crippen LogP contribution in [-0.2, 0) is 10.2 Å². The van der Waals surface area contributed by atoms with Crippen LogP contribution in [0.3, 0.4) is 0 Å². The van der Waals surface area contributed by atoms with E-state index in [4.69, 9.17) is 4.74 Å². The monoisotopic (exact) mass is 326 g/mol. The van der Waals surface area contributed by atoms with Crippen LogP contribution in [0.2, 0.25) is 0 Å². The van der Waals surface area contributed by atoms with Crippen LogP contribution in [-0.4, -0.2) is 68.4 Å². The number of nitrogens with zero attached hydrogens (tertiary/aromatic N) is 4. The first-order chi connectivity index (χ1) is 10.5. The number of aromatic nitrogens is 1. The second-order valence-electron chi connectivity index (χ2n) is 5.87. The van der Waals surface area contributed by atoms with Gasteiger partial charge in [0.1, 0.15) is 6.10 Å². The van der Waals surface area contributed by atoms with Crippen molar-refractivity contribution >= 4 is 16.0 Å². The third kappa shape index (κ3) is 2.90. The van der Waals surface area contributed by atoms with E-state index in [1.54, 1.807) is 6.20 Å². The second-order valence-corrected chi connectivity index (χ2v) is 7.79. The Morgan fingerprint density at radius 1 is 1.27 bits per heavy atom. The molecule has 22 heavy (non-hydrogen) atoms. The summed E-state index contributed by atoms with van der Waals surface area (Å²) in [5, 5.41) is 0. The lowest BCUT2D eigenvalue weighted by Gasteiger charge is -2.33. The van der Waals surface area contributed by atoms with Crippen molar-refractivity contribution in [2.75, 3.05) is 45.2 Å². The molecule has 0 aliphatic carbocycles. The van der Waals surface area contributed by atoms with Crippen molar-refractivity contribution in [1.29, 1.82) is 0 Å². The Morgan fingerprint density at radius 3 is 2.68 bits per heavy atom. The van der Waals surface area contributed by atoms with Crippen LogP contribution in [0.5, 0.6) is 5.75 Å². The molecule has 0 amide bonds. The second kappa shape index (κ2) is 6.02. The standard InChI is InChI=1S/C14H22N4O3S/c1-16(2)14-13(5-3-7-15-14)21-12-6-10-18(11-12)22(19,20)17-8-4-9-17/h3,5,7,12H,4,6,8-11H2,1-2H3/t12-/m0/s1. The molecule has 2 fully saturated rings. The van der Waals surface area contributed by atoms with Crippen molar-refractivity contribution in [1.82, 2.24) is 13.6 Å². The maximum atomic E-state index is 12.4. The van der Waals surface area contributed by atoms with E-state index in [1.165, 1.54) is 8.61 Å². The van der Waals surface area contributed by atoms with Gasteiger partial charge in [-0.05, 0) is 25.0 Å². The summed E-state index contributed by atoms with van der Waals surface area (Å²) in [5.74, 6) is 1.45. The summed E-state index contributed by atoms with van der Waals surface area (Å²) in [4.78, 5) is 6.19. The van der Waals surface area contributed by atoms with Crippen LogP contribution in [0.4, 0.5) is 5.82 Å². The average molecular weight is 326 g/mol. The summed E-state index contributed by atoms with van der Waals surface area (Å²) in [6.45, 7) is 2.19. The van der Waals surface area contributed by atoms with E-state index >= 15 is 0 Å². The van der Waals surface area contributed by atoms with Crippen molar-refractivity contribution in [2.45, 2.75) is 18.9 Å². The molecule has 1 aromatic heterocycles. The molecule has 1 atom stereocenters. The molecule has 0 spiro atoms. The molecule has 0 N–H and O–H groups in total. The van der Waals surface area contributed by atoms with Gasteiger partial charge in [0, 0.05) is 39.9 Å². The normalized spacial score (nSPS) is 23.3. The highest BCUT2D eigenvalue weighted by molar-refractivity contribution is 7.86. The number of hydrogen-bond donors (Lipinski definition) is 0. The zero-order chi connectivity index (χ0) is 15.7. The molecule has 3 rings (SSSR count). The van der Waals surface area contributed by atoms with Gasteiger partial charge in [-0.3, -0.25) is 0 Å². The average Bonchev–Trinajstić information content (AvgIpc) is 2.86. The summed E-state index contributed by atoms with van der Waals surface area (Å²) in [6, 6.07) is 3.70. The Labute approximate surface area is 131 Å². The Bertz CT molecular complexity index is 631. The van der Waals surface area contributed by atoms with Gasteiger partial charge in [0.15, 0.2) is 11.6 Å². The van der Waals surface area contributed by atoms with E-state index in [0.29, 0.717) is 38.3 Å². The molecule has 2 aliphatic rings. The fraction of sp³-hybridized carbons (Fsp3) is 0.643. The number of anilines is 1. The predicted molar refractivity (Wildman–Crippen MR) is 84.3 cm³/mol. The van der Waals surface area contributed by atoms with Crippen molar-refractivity contribution in [2.24, 2.45) is 0 Å². The molecule has 0 unspecified atom stereocenters. The van der Waals surface area contributed by atoms with Gasteiger partial charge in [-0.15, -0.1) is 0 Å². The Balaban J connectivity index is 1.66. The number of rotatable bonds is 5. The highest BCUT2D eigenvalue weighted by atomic mass is 32.2. The molecule has 2 aliphatic heterocycles. The molecule has 1 aromatic rings. The fourth-order valence-electron chi connectivity index (χ4n) is 2.67. The molecule has 0 aromatic carbocycles. The molecule has 0 bridgehead atoms. The molecule has 7 nitrogen and oxygen atoms in total. The van der Waals surface area contributed by atoms with Gasteiger partial charge in [-0.1, -0.05) is 0 Å². The smallest absolute Gasteiger partial charge is 0.282 e. The Morgan fingerprint density at radius 2 is 2.05 bits per heavy atom. The topological polar surface area (TPSA) is 66.0 Å². The summed E-state index contributed by atoms with van der Waals surface area (Å²) < 4.78 is 33.8. The van der Waals surface area contributed by atoms with E-state index in [-0.39, 0.29) is 6.10 Å². The fourth-order valence-corrected chi connectivity index (χ4v) is 4.41. The molecular formula is C14H22N4O3S. The van der Waals surface area contributed by atoms with Crippen molar-refractivity contribution in [3.05, 3.63) is 18.3 Å². The van der Waals surface area contributed by atoms with Gasteiger partial charge in [0.2, 0.25) is 0 Å². The maximum absolute atomic E-state index is 12.4. The number of ether oxygens (including phenoxy) is 1. The SMILES string of the molecule is CN(C)c1ncccc1O[C@H]1CCN(S(=O)(=O)N2CCC2)C1. The van der Waals surface area contributed by atoms with Gasteiger partial charge >= 0.3 is 0 Å². The molecule has 122 valence electrons. The quantitative estimate of drug-likeness (QED) is 0.791. The minimum absolute atomic E-state index is 0.126. The number of pyridine rings is 1. The predicted octanol–water partition coefficient (Wildman–Crippen LogP) is 0.551. The van der Waals surface area contributed by atoms with Crippen LogP contribution in [0, 0.1) is 0 Å². The van der Waals surface area contributed by atoms with Crippen LogP contribution < -0.4 is 9.64 Å². The molecule has 2 saturated heterocycles. The number of hydrogen-bond acceptors (Lipinski definition) is 5. The largest absolute Gasteiger partial charge is 0.485 e. The minimum Gasteiger partial charge on any atom is -0.485 e. The van der Waals surface area contributed by atoms with E-state index in [0.717, 1.165) is 12.2 Å². The van der Waals surface area contributed by atoms with Gasteiger partial charge in [-0.2, -0.15) is 17.0 Å². The molecule has 0 radical (unpaired) electrons. The first-order valence-electron chi connectivity index (χ1n) is 7.52. The summed E-state index contributed by atoms with van der Waals surface area (Å²) in [7, 11) is 0.521. The van der Waals surface area contributed by atoms with Gasteiger partial charge in [0.25, 0.3) is 10.2 Å². The lowest BCUT2D eigenvalue weighted by molar-refractivity contribution is 0.211. The summed E-state index contributed by atoms with van der Waals surface area (Å²) in [5.41, 5.74) is 0. The zero-order valence-corrected chi connectivity index (χ0v) is 13.8. The maximum Gasteiger partial charge on any atom is 0.282 e. The minimum atomic E-state index is -3.29. The van der Waals surface area contributed by atoms with Crippen molar-refractivity contribution < 1.29 is 13.2 Å². The first-order valence-corrected chi connectivity index (χ1v) is 8.92. The van der Waals surface area contributed by atoms with E-state index in [2.05, 4.69) is 4.98 Å². The third-order valence-electron chi connectivity index (χ3n) is 4.04. The van der Waals surface area contributed by atoms with Crippen LogP contribution >= 0.6 is 0 Å². The summed E-state index contributed by atoms with van der Waals surface area (Å²) >= 11 is 0. The van der Waals surface area contributed by atoms with E-state index in [1.807, 2.05) is 31.1 Å². The zero-order valence-electron chi connectivity index (χ0n) is 13.0.